The van der Waals surface area contributed by atoms with E-state index < -0.39 is 5.60 Å². The Balaban J connectivity index is 2.11. The Hall–Kier alpha value is -2.33. The molecule has 4 nitrogen and oxygen atoms in total. The van der Waals surface area contributed by atoms with Crippen molar-refractivity contribution in [2.75, 3.05) is 11.9 Å². The number of aryl methyl sites for hydroxylation is 2. The minimum Gasteiger partial charge on any atom is -0.488 e. The number of carbonyl (C=O) groups is 1. The average molecular weight is 384 g/mol. The van der Waals surface area contributed by atoms with Gasteiger partial charge in [0, 0.05) is 12.3 Å². The summed E-state index contributed by atoms with van der Waals surface area (Å²) in [6.45, 7) is 11.1. The second kappa shape index (κ2) is 10.3. The van der Waals surface area contributed by atoms with Crippen molar-refractivity contribution >= 4 is 11.6 Å². The number of ether oxygens (including phenoxy) is 2. The standard InChI is InChI=1S/C24H33NO3/c1-6-13-24(5,28-14-7-2)23(26)25-21-15-18(3)22(19(4)16-21)27-17-20-11-9-8-10-12-20/h8-12,15-16H,6-7,13-14,17H2,1-5H3,(H,25,26)/t24-/m1/s1. The monoisotopic (exact) mass is 383 g/mol. The summed E-state index contributed by atoms with van der Waals surface area (Å²) in [5.74, 6) is 0.764. The summed E-state index contributed by atoms with van der Waals surface area (Å²) in [6, 6.07) is 14.0. The van der Waals surface area contributed by atoms with Crippen LogP contribution < -0.4 is 10.1 Å². The number of rotatable bonds is 10. The van der Waals surface area contributed by atoms with E-state index in [1.54, 1.807) is 0 Å². The molecule has 0 aromatic heterocycles. The molecule has 152 valence electrons. The van der Waals surface area contributed by atoms with Gasteiger partial charge in [-0.05, 0) is 62.4 Å². The van der Waals surface area contributed by atoms with Gasteiger partial charge >= 0.3 is 0 Å². The van der Waals surface area contributed by atoms with E-state index in [0.29, 0.717) is 19.6 Å². The van der Waals surface area contributed by atoms with Crippen LogP contribution in [0.4, 0.5) is 5.69 Å². The third-order valence-corrected chi connectivity index (χ3v) is 4.78. The molecule has 0 aliphatic heterocycles. The Kier molecular flexibility index (Phi) is 8.06. The van der Waals surface area contributed by atoms with Crippen molar-refractivity contribution in [3.8, 4) is 5.75 Å². The van der Waals surface area contributed by atoms with Gasteiger partial charge in [0.1, 0.15) is 18.0 Å². The predicted octanol–water partition coefficient (Wildman–Crippen LogP) is 5.81. The molecule has 28 heavy (non-hydrogen) atoms. The number of anilines is 1. The van der Waals surface area contributed by atoms with E-state index in [2.05, 4.69) is 12.2 Å². The van der Waals surface area contributed by atoms with Gasteiger partial charge in [0.25, 0.3) is 5.91 Å². The normalized spacial score (nSPS) is 13.0. The highest BCUT2D eigenvalue weighted by atomic mass is 16.5. The molecule has 0 saturated carbocycles. The number of benzene rings is 2. The van der Waals surface area contributed by atoms with E-state index in [0.717, 1.165) is 41.0 Å². The molecule has 2 aromatic carbocycles. The van der Waals surface area contributed by atoms with Gasteiger partial charge in [0.05, 0.1) is 0 Å². The molecule has 1 amide bonds. The van der Waals surface area contributed by atoms with Gasteiger partial charge in [0.2, 0.25) is 0 Å². The fraction of sp³-hybridized carbons (Fsp3) is 0.458. The Labute approximate surface area is 169 Å². The SMILES string of the molecule is CCCO[C@](C)(CCC)C(=O)Nc1cc(C)c(OCc2ccccc2)c(C)c1. The highest BCUT2D eigenvalue weighted by molar-refractivity contribution is 5.97. The predicted molar refractivity (Wildman–Crippen MR) is 115 cm³/mol. The van der Waals surface area contributed by atoms with E-state index >= 15 is 0 Å². The van der Waals surface area contributed by atoms with E-state index in [4.69, 9.17) is 9.47 Å². The summed E-state index contributed by atoms with van der Waals surface area (Å²) in [7, 11) is 0. The van der Waals surface area contributed by atoms with Crippen LogP contribution in [0.1, 0.15) is 56.7 Å². The average Bonchev–Trinajstić information content (AvgIpc) is 2.66. The summed E-state index contributed by atoms with van der Waals surface area (Å²) < 4.78 is 11.9. The van der Waals surface area contributed by atoms with Gasteiger partial charge in [-0.1, -0.05) is 50.6 Å². The molecule has 0 bridgehead atoms. The smallest absolute Gasteiger partial charge is 0.256 e. The van der Waals surface area contributed by atoms with Crippen LogP contribution in [0.5, 0.6) is 5.75 Å². The van der Waals surface area contributed by atoms with Gasteiger partial charge in [-0.25, -0.2) is 0 Å². The highest BCUT2D eigenvalue weighted by Crippen LogP contribution is 2.29. The van der Waals surface area contributed by atoms with Crippen molar-refractivity contribution < 1.29 is 14.3 Å². The maximum absolute atomic E-state index is 12.9. The number of carbonyl (C=O) groups excluding carboxylic acids is 1. The molecule has 0 aliphatic rings. The molecule has 0 radical (unpaired) electrons. The lowest BCUT2D eigenvalue weighted by molar-refractivity contribution is -0.140. The fourth-order valence-corrected chi connectivity index (χ4v) is 3.30. The first-order valence-electron chi connectivity index (χ1n) is 10.1. The molecule has 1 atom stereocenters. The van der Waals surface area contributed by atoms with Crippen LogP contribution in [0.25, 0.3) is 0 Å². The quantitative estimate of drug-likeness (QED) is 0.563. The van der Waals surface area contributed by atoms with Gasteiger partial charge in [-0.2, -0.15) is 0 Å². The van der Waals surface area contributed by atoms with Gasteiger partial charge in [-0.15, -0.1) is 0 Å². The van der Waals surface area contributed by atoms with Crippen LogP contribution in [-0.2, 0) is 16.1 Å². The van der Waals surface area contributed by atoms with Crippen LogP contribution in [0.15, 0.2) is 42.5 Å². The van der Waals surface area contributed by atoms with E-state index in [1.165, 1.54) is 0 Å². The first kappa shape index (κ1) is 22.0. The van der Waals surface area contributed by atoms with Gasteiger partial charge in [-0.3, -0.25) is 4.79 Å². The molecule has 0 aliphatic carbocycles. The van der Waals surface area contributed by atoms with E-state index in [1.807, 2.05) is 70.2 Å². The summed E-state index contributed by atoms with van der Waals surface area (Å²) in [5, 5.41) is 3.04. The zero-order valence-electron chi connectivity index (χ0n) is 17.8. The first-order chi connectivity index (χ1) is 13.4. The Morgan fingerprint density at radius 3 is 2.25 bits per heavy atom. The zero-order chi connectivity index (χ0) is 20.6. The lowest BCUT2D eigenvalue weighted by Crippen LogP contribution is -2.43. The molecule has 4 heteroatoms. The molecule has 1 N–H and O–H groups in total. The van der Waals surface area contributed by atoms with Gasteiger partial charge < -0.3 is 14.8 Å². The Morgan fingerprint density at radius 2 is 1.68 bits per heavy atom. The van der Waals surface area contributed by atoms with Crippen LogP contribution in [-0.4, -0.2) is 18.1 Å². The van der Waals surface area contributed by atoms with Crippen LogP contribution in [0.3, 0.4) is 0 Å². The molecule has 0 fully saturated rings. The molecular weight excluding hydrogens is 350 g/mol. The van der Waals surface area contributed by atoms with Crippen molar-refractivity contribution in [1.82, 2.24) is 0 Å². The minimum atomic E-state index is -0.810. The molecule has 2 rings (SSSR count). The van der Waals surface area contributed by atoms with Crippen molar-refractivity contribution in [1.29, 1.82) is 0 Å². The largest absolute Gasteiger partial charge is 0.488 e. The molecule has 0 unspecified atom stereocenters. The van der Waals surface area contributed by atoms with Crippen LogP contribution >= 0.6 is 0 Å². The minimum absolute atomic E-state index is 0.0976. The summed E-state index contributed by atoms with van der Waals surface area (Å²) >= 11 is 0. The number of hydrogen-bond donors (Lipinski definition) is 1. The summed E-state index contributed by atoms with van der Waals surface area (Å²) in [6.07, 6.45) is 2.46. The van der Waals surface area contributed by atoms with E-state index in [-0.39, 0.29) is 5.91 Å². The third-order valence-electron chi connectivity index (χ3n) is 4.78. The molecule has 2 aromatic rings. The lowest BCUT2D eigenvalue weighted by Gasteiger charge is -2.28. The second-order valence-corrected chi connectivity index (χ2v) is 7.50. The van der Waals surface area contributed by atoms with Crippen molar-refractivity contribution in [3.05, 3.63) is 59.2 Å². The van der Waals surface area contributed by atoms with Crippen molar-refractivity contribution in [3.63, 3.8) is 0 Å². The zero-order valence-corrected chi connectivity index (χ0v) is 17.8. The number of hydrogen-bond acceptors (Lipinski definition) is 3. The fourth-order valence-electron chi connectivity index (χ4n) is 3.30. The molecule has 0 spiro atoms. The first-order valence-corrected chi connectivity index (χ1v) is 10.1. The number of nitrogens with one attached hydrogen (secondary N) is 1. The maximum Gasteiger partial charge on any atom is 0.256 e. The topological polar surface area (TPSA) is 47.6 Å². The Morgan fingerprint density at radius 1 is 1.04 bits per heavy atom. The molecular formula is C24H33NO3. The van der Waals surface area contributed by atoms with Crippen molar-refractivity contribution in [2.45, 2.75) is 66.1 Å². The van der Waals surface area contributed by atoms with Crippen LogP contribution in [0, 0.1) is 13.8 Å². The highest BCUT2D eigenvalue weighted by Gasteiger charge is 2.33. The maximum atomic E-state index is 12.9. The Bertz CT molecular complexity index is 750. The second-order valence-electron chi connectivity index (χ2n) is 7.50. The molecule has 0 saturated heterocycles. The van der Waals surface area contributed by atoms with Gasteiger partial charge in [0.15, 0.2) is 0 Å². The summed E-state index contributed by atoms with van der Waals surface area (Å²) in [4.78, 5) is 12.9. The summed E-state index contributed by atoms with van der Waals surface area (Å²) in [5.41, 5.74) is 3.09. The van der Waals surface area contributed by atoms with E-state index in [9.17, 15) is 4.79 Å². The number of amides is 1. The molecule has 0 heterocycles. The van der Waals surface area contributed by atoms with Crippen LogP contribution in [0.2, 0.25) is 0 Å². The third kappa shape index (κ3) is 5.83. The van der Waals surface area contributed by atoms with Crippen molar-refractivity contribution in [2.24, 2.45) is 0 Å². The lowest BCUT2D eigenvalue weighted by atomic mass is 9.98.